The molecule has 0 unspecified atom stereocenters. The van der Waals surface area contributed by atoms with E-state index in [0.29, 0.717) is 12.1 Å². The van der Waals surface area contributed by atoms with Gasteiger partial charge >= 0.3 is 0 Å². The van der Waals surface area contributed by atoms with E-state index in [2.05, 4.69) is 6.07 Å². The molecule has 1 aromatic carbocycles. The van der Waals surface area contributed by atoms with E-state index in [4.69, 9.17) is 4.74 Å². The molecule has 5 nitrogen and oxygen atoms in total. The van der Waals surface area contributed by atoms with Crippen LogP contribution in [0.5, 0.6) is 0 Å². The first-order valence-corrected chi connectivity index (χ1v) is 8.74. The Kier molecular flexibility index (Phi) is 3.96. The summed E-state index contributed by atoms with van der Waals surface area (Å²) in [6.07, 6.45) is 3.54. The Morgan fingerprint density at radius 2 is 1.92 bits per heavy atom. The predicted molar refractivity (Wildman–Crippen MR) is 96.0 cm³/mol. The Balaban J connectivity index is 1.65. The molecule has 2 aromatic rings. The van der Waals surface area contributed by atoms with Crippen molar-refractivity contribution in [2.45, 2.75) is 31.7 Å². The Morgan fingerprint density at radius 1 is 1.16 bits per heavy atom. The number of anilines is 1. The molecule has 0 radical (unpaired) electrons. The minimum atomic E-state index is -0.107. The molecule has 0 saturated carbocycles. The number of pyridine rings is 1. The van der Waals surface area contributed by atoms with Crippen LogP contribution in [0.3, 0.4) is 0 Å². The van der Waals surface area contributed by atoms with Crippen LogP contribution in [-0.4, -0.2) is 30.2 Å². The number of carbonyl (C=O) groups excluding carboxylic acids is 1. The van der Waals surface area contributed by atoms with Gasteiger partial charge < -0.3 is 14.2 Å². The standard InChI is InChI=1S/C20H22N2O3/c1-15-5-4-10-21(19(15)24)13-18(23)22-14-20(8-11-25-12-9-20)16-6-2-3-7-17(16)22/h2-7,10H,8-9,11-14H2,1H3. The molecule has 0 aliphatic carbocycles. The molecule has 2 aliphatic rings. The molecule has 1 spiro atoms. The van der Waals surface area contributed by atoms with Gasteiger partial charge in [-0.1, -0.05) is 24.3 Å². The van der Waals surface area contributed by atoms with Gasteiger partial charge in [-0.3, -0.25) is 9.59 Å². The van der Waals surface area contributed by atoms with Crippen molar-refractivity contribution in [1.29, 1.82) is 0 Å². The second kappa shape index (κ2) is 6.15. The van der Waals surface area contributed by atoms with Crippen molar-refractivity contribution < 1.29 is 9.53 Å². The summed E-state index contributed by atoms with van der Waals surface area (Å²) in [5.74, 6) is -0.0384. The van der Waals surface area contributed by atoms with Crippen LogP contribution in [0.1, 0.15) is 24.0 Å². The molecule has 3 heterocycles. The Hall–Kier alpha value is -2.40. The molecular weight excluding hydrogens is 316 g/mol. The third-order valence-corrected chi connectivity index (χ3v) is 5.49. The highest BCUT2D eigenvalue weighted by Crippen LogP contribution is 2.46. The zero-order valence-corrected chi connectivity index (χ0v) is 14.4. The van der Waals surface area contributed by atoms with Gasteiger partial charge in [0.05, 0.1) is 0 Å². The fraction of sp³-hybridized carbons (Fsp3) is 0.400. The third-order valence-electron chi connectivity index (χ3n) is 5.49. The number of hydrogen-bond acceptors (Lipinski definition) is 3. The molecule has 25 heavy (non-hydrogen) atoms. The number of fused-ring (bicyclic) bond motifs is 2. The molecule has 1 saturated heterocycles. The lowest BCUT2D eigenvalue weighted by atomic mass is 9.76. The Bertz CT molecular complexity index is 865. The maximum atomic E-state index is 13.0. The van der Waals surface area contributed by atoms with Crippen LogP contribution >= 0.6 is 0 Å². The zero-order chi connectivity index (χ0) is 17.4. The molecule has 2 aliphatic heterocycles. The predicted octanol–water partition coefficient (Wildman–Crippen LogP) is 2.25. The fourth-order valence-electron chi connectivity index (χ4n) is 4.05. The molecule has 0 bridgehead atoms. The summed E-state index contributed by atoms with van der Waals surface area (Å²) in [4.78, 5) is 27.1. The highest BCUT2D eigenvalue weighted by molar-refractivity contribution is 5.96. The first kappa shape index (κ1) is 16.1. The van der Waals surface area contributed by atoms with Crippen LogP contribution in [0.25, 0.3) is 0 Å². The Labute approximate surface area is 146 Å². The van der Waals surface area contributed by atoms with Gasteiger partial charge in [0, 0.05) is 42.6 Å². The van der Waals surface area contributed by atoms with Gasteiger partial charge in [0.1, 0.15) is 6.54 Å². The molecule has 0 N–H and O–H groups in total. The second-order valence-corrected chi connectivity index (χ2v) is 7.01. The van der Waals surface area contributed by atoms with Gasteiger partial charge in [0.2, 0.25) is 5.91 Å². The number of para-hydroxylation sites is 1. The molecule has 130 valence electrons. The van der Waals surface area contributed by atoms with Gasteiger partial charge in [-0.25, -0.2) is 0 Å². The van der Waals surface area contributed by atoms with Crippen LogP contribution in [-0.2, 0) is 21.5 Å². The average Bonchev–Trinajstić information content (AvgIpc) is 2.94. The molecule has 5 heteroatoms. The number of benzene rings is 1. The maximum Gasteiger partial charge on any atom is 0.253 e. The van der Waals surface area contributed by atoms with E-state index in [0.717, 1.165) is 31.7 Å². The zero-order valence-electron chi connectivity index (χ0n) is 14.4. The van der Waals surface area contributed by atoms with E-state index in [-0.39, 0.29) is 23.4 Å². The normalized spacial score (nSPS) is 18.4. The monoisotopic (exact) mass is 338 g/mol. The summed E-state index contributed by atoms with van der Waals surface area (Å²) in [5.41, 5.74) is 2.75. The van der Waals surface area contributed by atoms with Crippen LogP contribution in [0.4, 0.5) is 5.69 Å². The largest absolute Gasteiger partial charge is 0.381 e. The molecule has 0 atom stereocenters. The van der Waals surface area contributed by atoms with Crippen LogP contribution in [0.2, 0.25) is 0 Å². The molecule has 4 rings (SSSR count). The topological polar surface area (TPSA) is 51.5 Å². The van der Waals surface area contributed by atoms with Gasteiger partial charge in [0.15, 0.2) is 0 Å². The first-order valence-electron chi connectivity index (χ1n) is 8.74. The number of rotatable bonds is 2. The van der Waals surface area contributed by atoms with Crippen molar-refractivity contribution in [2.24, 2.45) is 0 Å². The summed E-state index contributed by atoms with van der Waals surface area (Å²) in [6.45, 7) is 3.98. The number of carbonyl (C=O) groups is 1. The molecular formula is C20H22N2O3. The van der Waals surface area contributed by atoms with Crippen molar-refractivity contribution in [2.75, 3.05) is 24.7 Å². The van der Waals surface area contributed by atoms with Gasteiger partial charge in [-0.05, 0) is 37.5 Å². The molecule has 1 amide bonds. The van der Waals surface area contributed by atoms with Crippen LogP contribution in [0, 0.1) is 6.92 Å². The van der Waals surface area contributed by atoms with E-state index >= 15 is 0 Å². The van der Waals surface area contributed by atoms with E-state index in [1.807, 2.05) is 29.2 Å². The molecule has 1 fully saturated rings. The number of hydrogen-bond donors (Lipinski definition) is 0. The second-order valence-electron chi connectivity index (χ2n) is 7.01. The van der Waals surface area contributed by atoms with Crippen molar-refractivity contribution in [1.82, 2.24) is 4.57 Å². The van der Waals surface area contributed by atoms with E-state index in [1.54, 1.807) is 19.2 Å². The number of nitrogens with zero attached hydrogens (tertiary/aromatic N) is 2. The summed E-state index contributed by atoms with van der Waals surface area (Å²) < 4.78 is 7.04. The van der Waals surface area contributed by atoms with Gasteiger partial charge in [0.25, 0.3) is 5.56 Å². The van der Waals surface area contributed by atoms with E-state index in [9.17, 15) is 9.59 Å². The highest BCUT2D eigenvalue weighted by Gasteiger charge is 2.45. The quantitative estimate of drug-likeness (QED) is 0.844. The van der Waals surface area contributed by atoms with Crippen molar-refractivity contribution >= 4 is 11.6 Å². The van der Waals surface area contributed by atoms with Gasteiger partial charge in [-0.15, -0.1) is 0 Å². The van der Waals surface area contributed by atoms with Gasteiger partial charge in [-0.2, -0.15) is 0 Å². The summed E-state index contributed by atoms with van der Waals surface area (Å²) in [7, 11) is 0. The van der Waals surface area contributed by atoms with E-state index < -0.39 is 0 Å². The van der Waals surface area contributed by atoms with Crippen molar-refractivity contribution in [3.8, 4) is 0 Å². The summed E-state index contributed by atoms with van der Waals surface area (Å²) >= 11 is 0. The van der Waals surface area contributed by atoms with Crippen LogP contribution in [0.15, 0.2) is 47.4 Å². The number of aromatic nitrogens is 1. The van der Waals surface area contributed by atoms with E-state index in [1.165, 1.54) is 10.1 Å². The lowest BCUT2D eigenvalue weighted by molar-refractivity contribution is -0.119. The lowest BCUT2D eigenvalue weighted by Gasteiger charge is -2.34. The summed E-state index contributed by atoms with van der Waals surface area (Å²) in [6, 6.07) is 11.7. The summed E-state index contributed by atoms with van der Waals surface area (Å²) in [5, 5.41) is 0. The van der Waals surface area contributed by atoms with Crippen molar-refractivity contribution in [3.05, 3.63) is 64.1 Å². The third kappa shape index (κ3) is 2.68. The number of amides is 1. The minimum Gasteiger partial charge on any atom is -0.381 e. The average molecular weight is 338 g/mol. The van der Waals surface area contributed by atoms with Crippen LogP contribution < -0.4 is 10.5 Å². The maximum absolute atomic E-state index is 13.0. The van der Waals surface area contributed by atoms with Crippen molar-refractivity contribution in [3.63, 3.8) is 0 Å². The smallest absolute Gasteiger partial charge is 0.253 e. The number of aryl methyl sites for hydroxylation is 1. The first-order chi connectivity index (χ1) is 12.1. The Morgan fingerprint density at radius 3 is 2.72 bits per heavy atom. The SMILES string of the molecule is Cc1cccn(CC(=O)N2CC3(CCOCC3)c3ccccc32)c1=O. The lowest BCUT2D eigenvalue weighted by Crippen LogP contribution is -2.42. The minimum absolute atomic E-state index is 0.0118. The molecule has 1 aromatic heterocycles. The highest BCUT2D eigenvalue weighted by atomic mass is 16.5. The number of ether oxygens (including phenoxy) is 1. The fourth-order valence-corrected chi connectivity index (χ4v) is 4.05.